The minimum atomic E-state index is -3.72. The monoisotopic (exact) mass is 245 g/mol. The SMILES string of the molecule is Cn1nnnc1-c1ccsc1S(N)(=O)=O. The lowest BCUT2D eigenvalue weighted by Crippen LogP contribution is -2.12. The highest BCUT2D eigenvalue weighted by molar-refractivity contribution is 7.91. The van der Waals surface area contributed by atoms with Crippen molar-refractivity contribution in [1.82, 2.24) is 20.2 Å². The summed E-state index contributed by atoms with van der Waals surface area (Å²) in [7, 11) is -2.10. The number of hydrogen-bond acceptors (Lipinski definition) is 6. The molecule has 2 heterocycles. The summed E-state index contributed by atoms with van der Waals surface area (Å²) < 4.78 is 23.9. The molecule has 15 heavy (non-hydrogen) atoms. The van der Waals surface area contributed by atoms with Crippen LogP contribution in [-0.4, -0.2) is 28.6 Å². The molecule has 80 valence electrons. The molecule has 0 amide bonds. The van der Waals surface area contributed by atoms with Gasteiger partial charge in [-0.3, -0.25) is 0 Å². The average molecular weight is 245 g/mol. The Bertz CT molecular complexity index is 584. The molecule has 0 aliphatic rings. The Hall–Kier alpha value is -1.32. The van der Waals surface area contributed by atoms with E-state index in [1.165, 1.54) is 4.68 Å². The number of primary sulfonamides is 1. The van der Waals surface area contributed by atoms with Crippen LogP contribution < -0.4 is 5.14 Å². The van der Waals surface area contributed by atoms with Gasteiger partial charge in [0.1, 0.15) is 4.21 Å². The van der Waals surface area contributed by atoms with E-state index in [2.05, 4.69) is 15.5 Å². The second-order valence-corrected chi connectivity index (χ2v) is 5.47. The molecule has 0 saturated heterocycles. The van der Waals surface area contributed by atoms with Gasteiger partial charge in [-0.25, -0.2) is 18.2 Å². The molecule has 0 bridgehead atoms. The third kappa shape index (κ3) is 1.76. The van der Waals surface area contributed by atoms with E-state index in [0.29, 0.717) is 11.4 Å². The number of nitrogens with two attached hydrogens (primary N) is 1. The quantitative estimate of drug-likeness (QED) is 0.774. The second kappa shape index (κ2) is 3.36. The van der Waals surface area contributed by atoms with Gasteiger partial charge >= 0.3 is 0 Å². The number of sulfonamides is 1. The van der Waals surface area contributed by atoms with E-state index in [1.807, 2.05) is 0 Å². The van der Waals surface area contributed by atoms with Crippen LogP contribution in [0.3, 0.4) is 0 Å². The Kier molecular flexibility index (Phi) is 2.29. The molecular formula is C6H7N5O2S2. The lowest BCUT2D eigenvalue weighted by Gasteiger charge is -1.98. The van der Waals surface area contributed by atoms with Gasteiger partial charge in [-0.05, 0) is 21.9 Å². The zero-order chi connectivity index (χ0) is 11.1. The predicted octanol–water partition coefficient (Wildman–Crippen LogP) is -0.414. The van der Waals surface area contributed by atoms with Crippen molar-refractivity contribution in [2.75, 3.05) is 0 Å². The van der Waals surface area contributed by atoms with E-state index in [1.54, 1.807) is 18.5 Å². The summed E-state index contributed by atoms with van der Waals surface area (Å²) >= 11 is 1.04. The zero-order valence-corrected chi connectivity index (χ0v) is 9.29. The Morgan fingerprint density at radius 1 is 1.53 bits per heavy atom. The van der Waals surface area contributed by atoms with E-state index >= 15 is 0 Å². The number of thiophene rings is 1. The Morgan fingerprint density at radius 2 is 2.27 bits per heavy atom. The van der Waals surface area contributed by atoms with Crippen molar-refractivity contribution in [2.45, 2.75) is 4.21 Å². The van der Waals surface area contributed by atoms with Crippen molar-refractivity contribution in [1.29, 1.82) is 0 Å². The molecule has 2 aromatic rings. The van der Waals surface area contributed by atoms with Gasteiger partial charge in [0.05, 0.1) is 5.56 Å². The second-order valence-electron chi connectivity index (χ2n) is 2.79. The minimum absolute atomic E-state index is 0.0698. The number of hydrogen-bond donors (Lipinski definition) is 1. The number of aromatic nitrogens is 4. The molecule has 2 rings (SSSR count). The van der Waals surface area contributed by atoms with Crippen molar-refractivity contribution < 1.29 is 8.42 Å². The maximum absolute atomic E-state index is 11.2. The number of rotatable bonds is 2. The van der Waals surface area contributed by atoms with Gasteiger partial charge in [-0.1, -0.05) is 0 Å². The zero-order valence-electron chi connectivity index (χ0n) is 7.65. The topological polar surface area (TPSA) is 104 Å². The maximum atomic E-state index is 11.2. The maximum Gasteiger partial charge on any atom is 0.248 e. The molecule has 0 aliphatic carbocycles. The van der Waals surface area contributed by atoms with Gasteiger partial charge in [0.25, 0.3) is 0 Å². The molecule has 0 aromatic carbocycles. The van der Waals surface area contributed by atoms with Crippen molar-refractivity contribution in [3.05, 3.63) is 11.4 Å². The summed E-state index contributed by atoms with van der Waals surface area (Å²) in [5.41, 5.74) is 0.426. The first-order valence-electron chi connectivity index (χ1n) is 3.83. The van der Waals surface area contributed by atoms with Gasteiger partial charge in [0.2, 0.25) is 10.0 Å². The molecule has 2 aromatic heterocycles. The van der Waals surface area contributed by atoms with Gasteiger partial charge in [0.15, 0.2) is 5.82 Å². The third-order valence-corrected chi connectivity index (χ3v) is 4.18. The molecule has 0 saturated carbocycles. The molecule has 2 N–H and O–H groups in total. The highest BCUT2D eigenvalue weighted by Crippen LogP contribution is 2.28. The van der Waals surface area contributed by atoms with E-state index in [4.69, 9.17) is 5.14 Å². The summed E-state index contributed by atoms with van der Waals surface area (Å²) in [5.74, 6) is 0.375. The predicted molar refractivity (Wildman–Crippen MR) is 53.5 cm³/mol. The number of tetrazole rings is 1. The van der Waals surface area contributed by atoms with E-state index in [-0.39, 0.29) is 4.21 Å². The molecule has 9 heteroatoms. The minimum Gasteiger partial charge on any atom is -0.228 e. The fourth-order valence-electron chi connectivity index (χ4n) is 1.14. The summed E-state index contributed by atoms with van der Waals surface area (Å²) in [5, 5.41) is 17.5. The Balaban J connectivity index is 2.66. The largest absolute Gasteiger partial charge is 0.248 e. The highest BCUT2D eigenvalue weighted by Gasteiger charge is 2.20. The van der Waals surface area contributed by atoms with Crippen LogP contribution in [0.15, 0.2) is 15.7 Å². The molecule has 0 spiro atoms. The van der Waals surface area contributed by atoms with Crippen LogP contribution in [0, 0.1) is 0 Å². The number of aryl methyl sites for hydroxylation is 1. The van der Waals surface area contributed by atoms with Gasteiger partial charge < -0.3 is 0 Å². The van der Waals surface area contributed by atoms with Crippen LogP contribution in [0.1, 0.15) is 0 Å². The molecule has 0 fully saturated rings. The van der Waals surface area contributed by atoms with Gasteiger partial charge in [-0.15, -0.1) is 16.4 Å². The van der Waals surface area contributed by atoms with Crippen molar-refractivity contribution >= 4 is 21.4 Å². The summed E-state index contributed by atoms with van der Waals surface area (Å²) in [6.07, 6.45) is 0. The highest BCUT2D eigenvalue weighted by atomic mass is 32.2. The van der Waals surface area contributed by atoms with Gasteiger partial charge in [-0.2, -0.15) is 0 Å². The molecule has 0 unspecified atom stereocenters. The molecule has 7 nitrogen and oxygen atoms in total. The summed E-state index contributed by atoms with van der Waals surface area (Å²) in [6, 6.07) is 1.62. The van der Waals surface area contributed by atoms with Crippen LogP contribution in [0.25, 0.3) is 11.4 Å². The third-order valence-electron chi connectivity index (χ3n) is 1.75. The normalized spacial score (nSPS) is 11.9. The van der Waals surface area contributed by atoms with Crippen LogP contribution >= 0.6 is 11.3 Å². The average Bonchev–Trinajstić information content (AvgIpc) is 2.69. The fraction of sp³-hybridized carbons (Fsp3) is 0.167. The smallest absolute Gasteiger partial charge is 0.228 e. The van der Waals surface area contributed by atoms with E-state index < -0.39 is 10.0 Å². The first-order chi connectivity index (χ1) is 7.00. The first-order valence-corrected chi connectivity index (χ1v) is 6.26. The Morgan fingerprint density at radius 3 is 2.80 bits per heavy atom. The van der Waals surface area contributed by atoms with E-state index in [9.17, 15) is 8.42 Å². The van der Waals surface area contributed by atoms with Crippen LogP contribution in [0.2, 0.25) is 0 Å². The van der Waals surface area contributed by atoms with Crippen molar-refractivity contribution in [3.8, 4) is 11.4 Å². The van der Waals surface area contributed by atoms with Gasteiger partial charge in [0, 0.05) is 7.05 Å². The van der Waals surface area contributed by atoms with Crippen LogP contribution in [0.4, 0.5) is 0 Å². The number of nitrogens with zero attached hydrogens (tertiary/aromatic N) is 4. The van der Waals surface area contributed by atoms with Crippen LogP contribution in [0.5, 0.6) is 0 Å². The molecule has 0 radical (unpaired) electrons. The molecular weight excluding hydrogens is 238 g/mol. The lowest BCUT2D eigenvalue weighted by molar-refractivity contribution is 0.600. The summed E-state index contributed by atoms with van der Waals surface area (Å²) in [4.78, 5) is 0. The van der Waals surface area contributed by atoms with Crippen LogP contribution in [-0.2, 0) is 17.1 Å². The Labute approximate surface area is 89.6 Å². The molecule has 0 aliphatic heterocycles. The molecule has 0 atom stereocenters. The summed E-state index contributed by atoms with van der Waals surface area (Å²) in [6.45, 7) is 0. The van der Waals surface area contributed by atoms with Crippen molar-refractivity contribution in [2.24, 2.45) is 12.2 Å². The van der Waals surface area contributed by atoms with E-state index in [0.717, 1.165) is 11.3 Å². The fourth-order valence-corrected chi connectivity index (χ4v) is 2.92. The lowest BCUT2D eigenvalue weighted by atomic mass is 10.3. The standard InChI is InChI=1S/C6H7N5O2S2/c1-11-5(8-9-10-11)4-2-3-14-6(4)15(7,12)13/h2-3H,1H3,(H2,7,12,13). The first kappa shape index (κ1) is 10.2. The van der Waals surface area contributed by atoms with Crippen molar-refractivity contribution in [3.63, 3.8) is 0 Å².